The standard InChI is InChI=1S/C24H38ClNO3/c1-3-4-5-6-7-8-9-10-11-12-13-14-15-16-23(27)26-21-19-20(24(25)28)17-18-22(21)29-2/h17-19H,3-16H2,1-2H3,(H,26,27). The lowest BCUT2D eigenvalue weighted by molar-refractivity contribution is -0.116. The number of anilines is 1. The molecule has 0 heterocycles. The van der Waals surface area contributed by atoms with Crippen LogP contribution in [0.15, 0.2) is 18.2 Å². The van der Waals surface area contributed by atoms with Gasteiger partial charge in [0.1, 0.15) is 5.75 Å². The highest BCUT2D eigenvalue weighted by atomic mass is 35.5. The number of carbonyl (C=O) groups excluding carboxylic acids is 2. The molecule has 1 aromatic carbocycles. The molecule has 0 aromatic heterocycles. The normalized spacial score (nSPS) is 10.7. The Hall–Kier alpha value is -1.55. The summed E-state index contributed by atoms with van der Waals surface area (Å²) in [5.74, 6) is 0.455. The number of unbranched alkanes of at least 4 members (excludes halogenated alkanes) is 12. The van der Waals surface area contributed by atoms with E-state index < -0.39 is 5.24 Å². The van der Waals surface area contributed by atoms with Crippen molar-refractivity contribution in [2.75, 3.05) is 12.4 Å². The van der Waals surface area contributed by atoms with Crippen LogP contribution in [-0.2, 0) is 4.79 Å². The summed E-state index contributed by atoms with van der Waals surface area (Å²) in [5.41, 5.74) is 0.822. The van der Waals surface area contributed by atoms with E-state index in [2.05, 4.69) is 12.2 Å². The number of amides is 1. The van der Waals surface area contributed by atoms with Crippen molar-refractivity contribution in [1.29, 1.82) is 0 Å². The van der Waals surface area contributed by atoms with Gasteiger partial charge in [-0.3, -0.25) is 9.59 Å². The molecule has 0 radical (unpaired) electrons. The molecular weight excluding hydrogens is 386 g/mol. The average molecular weight is 424 g/mol. The first kappa shape index (κ1) is 25.5. The van der Waals surface area contributed by atoms with Crippen molar-refractivity contribution in [3.05, 3.63) is 23.8 Å². The number of halogens is 1. The van der Waals surface area contributed by atoms with Crippen molar-refractivity contribution < 1.29 is 14.3 Å². The maximum Gasteiger partial charge on any atom is 0.252 e. The molecule has 1 rings (SSSR count). The van der Waals surface area contributed by atoms with Crippen LogP contribution in [0, 0.1) is 0 Å². The number of rotatable bonds is 17. The molecular formula is C24H38ClNO3. The molecule has 0 spiro atoms. The van der Waals surface area contributed by atoms with Crippen molar-refractivity contribution in [2.24, 2.45) is 0 Å². The number of ether oxygens (including phenoxy) is 1. The Labute approximate surface area is 181 Å². The molecule has 0 bridgehead atoms. The molecule has 29 heavy (non-hydrogen) atoms. The summed E-state index contributed by atoms with van der Waals surface area (Å²) >= 11 is 5.51. The molecule has 0 aliphatic rings. The van der Waals surface area contributed by atoms with Crippen LogP contribution in [0.4, 0.5) is 5.69 Å². The van der Waals surface area contributed by atoms with Crippen molar-refractivity contribution in [2.45, 2.75) is 96.8 Å². The second-order valence-electron chi connectivity index (χ2n) is 7.73. The minimum Gasteiger partial charge on any atom is -0.495 e. The van der Waals surface area contributed by atoms with Gasteiger partial charge in [0.25, 0.3) is 5.24 Å². The minimum atomic E-state index is -0.556. The summed E-state index contributed by atoms with van der Waals surface area (Å²) in [6, 6.07) is 4.77. The molecule has 5 heteroatoms. The first-order valence-corrected chi connectivity index (χ1v) is 11.6. The summed E-state index contributed by atoms with van der Waals surface area (Å²) in [4.78, 5) is 23.5. The SMILES string of the molecule is CCCCCCCCCCCCCCCC(=O)Nc1cc(C(=O)Cl)ccc1OC. The Kier molecular flexibility index (Phi) is 14.3. The third-order valence-corrected chi connectivity index (χ3v) is 5.43. The van der Waals surface area contributed by atoms with Gasteiger partial charge in [-0.1, -0.05) is 84.0 Å². The van der Waals surface area contributed by atoms with Gasteiger partial charge in [0.2, 0.25) is 5.91 Å². The highest BCUT2D eigenvalue weighted by molar-refractivity contribution is 6.67. The van der Waals surface area contributed by atoms with E-state index in [1.807, 2.05) is 0 Å². The molecule has 0 aliphatic carbocycles. The summed E-state index contributed by atoms with van der Waals surface area (Å²) in [6.45, 7) is 2.26. The van der Waals surface area contributed by atoms with Crippen molar-refractivity contribution >= 4 is 28.4 Å². The quantitative estimate of drug-likeness (QED) is 0.208. The van der Waals surface area contributed by atoms with E-state index >= 15 is 0 Å². The molecule has 0 fully saturated rings. The molecule has 0 aliphatic heterocycles. The average Bonchev–Trinajstić information content (AvgIpc) is 2.71. The van der Waals surface area contributed by atoms with Crippen molar-refractivity contribution in [1.82, 2.24) is 0 Å². The van der Waals surface area contributed by atoms with Gasteiger partial charge in [0, 0.05) is 12.0 Å². The second-order valence-corrected chi connectivity index (χ2v) is 8.07. The zero-order valence-electron chi connectivity index (χ0n) is 18.2. The molecule has 164 valence electrons. The van der Waals surface area contributed by atoms with E-state index in [0.29, 0.717) is 23.4 Å². The maximum absolute atomic E-state index is 12.2. The predicted molar refractivity (Wildman–Crippen MR) is 122 cm³/mol. The summed E-state index contributed by atoms with van der Waals surface area (Å²) in [5, 5.41) is 2.27. The Morgan fingerprint density at radius 3 is 1.86 bits per heavy atom. The van der Waals surface area contributed by atoms with Crippen molar-refractivity contribution in [3.63, 3.8) is 0 Å². The van der Waals surface area contributed by atoms with Gasteiger partial charge in [0.15, 0.2) is 0 Å². The molecule has 0 saturated carbocycles. The lowest BCUT2D eigenvalue weighted by Crippen LogP contribution is -2.12. The number of hydrogen-bond acceptors (Lipinski definition) is 3. The van der Waals surface area contributed by atoms with Gasteiger partial charge in [-0.15, -0.1) is 0 Å². The fourth-order valence-corrected chi connectivity index (χ4v) is 3.56. The van der Waals surface area contributed by atoms with Gasteiger partial charge in [-0.25, -0.2) is 0 Å². The van der Waals surface area contributed by atoms with Crippen LogP contribution < -0.4 is 10.1 Å². The lowest BCUT2D eigenvalue weighted by atomic mass is 10.0. The molecule has 1 N–H and O–H groups in total. The molecule has 0 unspecified atom stereocenters. The van der Waals surface area contributed by atoms with Gasteiger partial charge >= 0.3 is 0 Å². The second kappa shape index (κ2) is 16.3. The van der Waals surface area contributed by atoms with Gasteiger partial charge in [0.05, 0.1) is 12.8 Å². The first-order chi connectivity index (χ1) is 14.1. The van der Waals surface area contributed by atoms with E-state index in [-0.39, 0.29) is 5.91 Å². The highest BCUT2D eigenvalue weighted by Gasteiger charge is 2.11. The Morgan fingerprint density at radius 1 is 0.862 bits per heavy atom. The van der Waals surface area contributed by atoms with E-state index in [0.717, 1.165) is 12.8 Å². The fourth-order valence-electron chi connectivity index (χ4n) is 3.44. The van der Waals surface area contributed by atoms with Crippen molar-refractivity contribution in [3.8, 4) is 5.75 Å². The maximum atomic E-state index is 12.2. The van der Waals surface area contributed by atoms with Gasteiger partial charge in [-0.2, -0.15) is 0 Å². The van der Waals surface area contributed by atoms with E-state index in [9.17, 15) is 9.59 Å². The summed E-state index contributed by atoms with van der Waals surface area (Å²) < 4.78 is 5.23. The molecule has 0 atom stereocenters. The van der Waals surface area contributed by atoms with Crippen LogP contribution in [0.3, 0.4) is 0 Å². The summed E-state index contributed by atoms with van der Waals surface area (Å²) in [7, 11) is 1.53. The third-order valence-electron chi connectivity index (χ3n) is 5.21. The predicted octanol–water partition coefficient (Wildman–Crippen LogP) is 7.49. The summed E-state index contributed by atoms with van der Waals surface area (Å²) in [6.07, 6.45) is 17.1. The number of methoxy groups -OCH3 is 1. The van der Waals surface area contributed by atoms with Crippen LogP contribution in [-0.4, -0.2) is 18.3 Å². The number of nitrogens with one attached hydrogen (secondary N) is 1. The van der Waals surface area contributed by atoms with Crippen LogP contribution in [0.25, 0.3) is 0 Å². The minimum absolute atomic E-state index is 0.0643. The van der Waals surface area contributed by atoms with Crippen LogP contribution in [0.2, 0.25) is 0 Å². The zero-order valence-corrected chi connectivity index (χ0v) is 19.0. The number of hydrogen-bond donors (Lipinski definition) is 1. The monoisotopic (exact) mass is 423 g/mol. The zero-order chi connectivity index (χ0) is 21.3. The van der Waals surface area contributed by atoms with E-state index in [4.69, 9.17) is 16.3 Å². The van der Waals surface area contributed by atoms with Gasteiger partial charge in [-0.05, 0) is 36.2 Å². The molecule has 1 aromatic rings. The Bertz CT molecular complexity index is 604. The Morgan fingerprint density at radius 2 is 1.38 bits per heavy atom. The topological polar surface area (TPSA) is 55.4 Å². The molecule has 4 nitrogen and oxygen atoms in total. The highest BCUT2D eigenvalue weighted by Crippen LogP contribution is 2.26. The smallest absolute Gasteiger partial charge is 0.252 e. The van der Waals surface area contributed by atoms with Gasteiger partial charge < -0.3 is 10.1 Å². The molecule has 1 amide bonds. The van der Waals surface area contributed by atoms with Crippen LogP contribution >= 0.6 is 11.6 Å². The van der Waals surface area contributed by atoms with Crippen LogP contribution in [0.5, 0.6) is 5.75 Å². The third kappa shape index (κ3) is 11.9. The van der Waals surface area contributed by atoms with E-state index in [1.54, 1.807) is 18.2 Å². The number of benzene rings is 1. The lowest BCUT2D eigenvalue weighted by Gasteiger charge is -2.11. The molecule has 0 saturated heterocycles. The van der Waals surface area contributed by atoms with E-state index in [1.165, 1.54) is 77.7 Å². The largest absolute Gasteiger partial charge is 0.495 e. The Balaban J connectivity index is 2.09. The van der Waals surface area contributed by atoms with Crippen LogP contribution in [0.1, 0.15) is 107 Å². The number of carbonyl (C=O) groups is 2. The first-order valence-electron chi connectivity index (χ1n) is 11.3. The fraction of sp³-hybridized carbons (Fsp3) is 0.667.